The Labute approximate surface area is 262 Å². The fourth-order valence-corrected chi connectivity index (χ4v) is 5.83. The number of rotatable bonds is 29. The summed E-state index contributed by atoms with van der Waals surface area (Å²) in [6, 6.07) is 3.95. The predicted molar refractivity (Wildman–Crippen MR) is 178 cm³/mol. The Morgan fingerprint density at radius 2 is 1.49 bits per heavy atom. The standard InChI is InChI=1S/C36H62N4O3/c1-3-5-6-7-11-16-23-33(4-2)43-35(42)25-17-12-10-14-19-28-39(27-18-13-8-9-15-20-31-41)29-22-30-40-32-38-34-24-21-26-37-36(34)40/h21,24,26,31-33H,3-20,22-23,25,27-30H2,1-2H3. The van der Waals surface area contributed by atoms with Crippen LogP contribution in [-0.2, 0) is 20.9 Å². The highest BCUT2D eigenvalue weighted by molar-refractivity contribution is 5.70. The van der Waals surface area contributed by atoms with Gasteiger partial charge in [-0.1, -0.05) is 84.5 Å². The van der Waals surface area contributed by atoms with E-state index >= 15 is 0 Å². The molecule has 0 amide bonds. The van der Waals surface area contributed by atoms with E-state index in [9.17, 15) is 9.59 Å². The van der Waals surface area contributed by atoms with Crippen LogP contribution in [0, 0.1) is 0 Å². The van der Waals surface area contributed by atoms with Crippen molar-refractivity contribution >= 4 is 23.4 Å². The number of fused-ring (bicyclic) bond motifs is 1. The molecule has 7 nitrogen and oxygen atoms in total. The van der Waals surface area contributed by atoms with Gasteiger partial charge in [0.05, 0.1) is 6.33 Å². The number of esters is 1. The molecule has 2 heterocycles. The third-order valence-electron chi connectivity index (χ3n) is 8.53. The first-order valence-corrected chi connectivity index (χ1v) is 17.8. The van der Waals surface area contributed by atoms with Crippen molar-refractivity contribution in [2.24, 2.45) is 0 Å². The zero-order valence-electron chi connectivity index (χ0n) is 27.7. The van der Waals surface area contributed by atoms with Gasteiger partial charge in [0.25, 0.3) is 0 Å². The maximum Gasteiger partial charge on any atom is 0.306 e. The number of carbonyl (C=O) groups excluding carboxylic acids is 2. The molecule has 0 saturated heterocycles. The summed E-state index contributed by atoms with van der Waals surface area (Å²) in [5.41, 5.74) is 1.93. The van der Waals surface area contributed by atoms with Crippen molar-refractivity contribution in [1.29, 1.82) is 0 Å². The van der Waals surface area contributed by atoms with Gasteiger partial charge >= 0.3 is 5.97 Å². The average molecular weight is 599 g/mol. The van der Waals surface area contributed by atoms with E-state index in [0.717, 1.165) is 88.6 Å². The molecule has 2 rings (SSSR count). The van der Waals surface area contributed by atoms with E-state index in [-0.39, 0.29) is 12.1 Å². The normalized spacial score (nSPS) is 12.3. The molecule has 0 fully saturated rings. The van der Waals surface area contributed by atoms with Gasteiger partial charge in [0, 0.05) is 25.6 Å². The van der Waals surface area contributed by atoms with Gasteiger partial charge in [-0.25, -0.2) is 9.97 Å². The Hall–Kier alpha value is -2.28. The highest BCUT2D eigenvalue weighted by Crippen LogP contribution is 2.15. The van der Waals surface area contributed by atoms with Crippen LogP contribution in [0.5, 0.6) is 0 Å². The number of nitrogens with zero attached hydrogens (tertiary/aromatic N) is 4. The molecule has 0 N–H and O–H groups in total. The summed E-state index contributed by atoms with van der Waals surface area (Å²) in [6.07, 6.45) is 28.3. The summed E-state index contributed by atoms with van der Waals surface area (Å²) in [7, 11) is 0. The SMILES string of the molecule is CCCCCCCCC(CC)OC(=O)CCCCCCCN(CCCCCCCC=O)CCCn1cnc2cccnc21. The van der Waals surface area contributed by atoms with E-state index < -0.39 is 0 Å². The van der Waals surface area contributed by atoms with Crippen molar-refractivity contribution in [1.82, 2.24) is 19.4 Å². The minimum Gasteiger partial charge on any atom is -0.462 e. The van der Waals surface area contributed by atoms with Crippen LogP contribution in [0.3, 0.4) is 0 Å². The molecular formula is C36H62N4O3. The molecule has 0 radical (unpaired) electrons. The number of carbonyl (C=O) groups is 2. The first-order valence-electron chi connectivity index (χ1n) is 17.8. The number of aldehydes is 1. The lowest BCUT2D eigenvalue weighted by molar-refractivity contribution is -0.149. The van der Waals surface area contributed by atoms with Crippen LogP contribution in [0.1, 0.15) is 149 Å². The van der Waals surface area contributed by atoms with E-state index in [1.165, 1.54) is 77.0 Å². The molecule has 0 aliphatic rings. The van der Waals surface area contributed by atoms with Crippen LogP contribution in [0.15, 0.2) is 24.7 Å². The molecule has 1 unspecified atom stereocenters. The van der Waals surface area contributed by atoms with Crippen molar-refractivity contribution in [3.8, 4) is 0 Å². The van der Waals surface area contributed by atoms with Crippen LogP contribution < -0.4 is 0 Å². The van der Waals surface area contributed by atoms with E-state index in [0.29, 0.717) is 12.8 Å². The molecule has 0 aromatic carbocycles. The van der Waals surface area contributed by atoms with Crippen LogP contribution in [0.2, 0.25) is 0 Å². The number of unbranched alkanes of at least 4 members (excludes halogenated alkanes) is 14. The lowest BCUT2D eigenvalue weighted by Gasteiger charge is -2.22. The van der Waals surface area contributed by atoms with Gasteiger partial charge in [-0.05, 0) is 83.1 Å². The minimum absolute atomic E-state index is 0.00367. The summed E-state index contributed by atoms with van der Waals surface area (Å²) >= 11 is 0. The fourth-order valence-electron chi connectivity index (χ4n) is 5.83. The number of aromatic nitrogens is 3. The van der Waals surface area contributed by atoms with Crippen molar-refractivity contribution in [2.45, 2.75) is 161 Å². The molecule has 0 spiro atoms. The second-order valence-electron chi connectivity index (χ2n) is 12.3. The number of hydrogen-bond acceptors (Lipinski definition) is 6. The molecule has 0 aliphatic heterocycles. The number of ether oxygens (including phenoxy) is 1. The first kappa shape index (κ1) is 36.9. The summed E-state index contributed by atoms with van der Waals surface area (Å²) in [5.74, 6) is -0.00367. The fraction of sp³-hybridized carbons (Fsp3) is 0.778. The van der Waals surface area contributed by atoms with E-state index in [2.05, 4.69) is 33.3 Å². The topological polar surface area (TPSA) is 77.3 Å². The molecule has 2 aromatic rings. The van der Waals surface area contributed by atoms with Crippen molar-refractivity contribution in [3.05, 3.63) is 24.7 Å². The largest absolute Gasteiger partial charge is 0.462 e. The Morgan fingerprint density at radius 1 is 0.837 bits per heavy atom. The Balaban J connectivity index is 1.60. The second kappa shape index (κ2) is 25.1. The first-order chi connectivity index (χ1) is 21.2. The van der Waals surface area contributed by atoms with E-state index in [1.807, 2.05) is 24.7 Å². The van der Waals surface area contributed by atoms with E-state index in [4.69, 9.17) is 4.74 Å². The van der Waals surface area contributed by atoms with Crippen molar-refractivity contribution in [3.63, 3.8) is 0 Å². The van der Waals surface area contributed by atoms with Gasteiger partial charge in [0.1, 0.15) is 17.9 Å². The average Bonchev–Trinajstić information content (AvgIpc) is 3.43. The number of hydrogen-bond donors (Lipinski definition) is 0. The number of imidazole rings is 1. The third kappa shape index (κ3) is 17.6. The molecule has 244 valence electrons. The van der Waals surface area contributed by atoms with Crippen molar-refractivity contribution < 1.29 is 14.3 Å². The Kier molecular flexibility index (Phi) is 21.5. The molecular weight excluding hydrogens is 536 g/mol. The number of pyridine rings is 1. The molecule has 0 saturated carbocycles. The lowest BCUT2D eigenvalue weighted by Crippen LogP contribution is -2.28. The molecule has 1 atom stereocenters. The molecule has 43 heavy (non-hydrogen) atoms. The maximum atomic E-state index is 12.4. The summed E-state index contributed by atoms with van der Waals surface area (Å²) < 4.78 is 7.95. The van der Waals surface area contributed by atoms with Gasteiger partial charge < -0.3 is 19.0 Å². The monoisotopic (exact) mass is 598 g/mol. The highest BCUT2D eigenvalue weighted by Gasteiger charge is 2.12. The zero-order chi connectivity index (χ0) is 30.8. The van der Waals surface area contributed by atoms with Gasteiger partial charge in [-0.15, -0.1) is 0 Å². The predicted octanol–water partition coefficient (Wildman–Crippen LogP) is 9.08. The lowest BCUT2D eigenvalue weighted by atomic mass is 10.1. The van der Waals surface area contributed by atoms with Crippen LogP contribution in [0.4, 0.5) is 0 Å². The third-order valence-corrected chi connectivity index (χ3v) is 8.53. The van der Waals surface area contributed by atoms with Crippen LogP contribution >= 0.6 is 0 Å². The molecule has 7 heteroatoms. The molecule has 2 aromatic heterocycles. The summed E-state index contributed by atoms with van der Waals surface area (Å²) in [4.78, 5) is 34.5. The quantitative estimate of drug-likeness (QED) is 0.0528. The Bertz CT molecular complexity index is 963. The van der Waals surface area contributed by atoms with Gasteiger partial charge in [-0.3, -0.25) is 4.79 Å². The van der Waals surface area contributed by atoms with Gasteiger partial charge in [0.2, 0.25) is 0 Å². The maximum absolute atomic E-state index is 12.4. The van der Waals surface area contributed by atoms with E-state index in [1.54, 1.807) is 0 Å². The minimum atomic E-state index is -0.00367. The summed E-state index contributed by atoms with van der Waals surface area (Å²) in [6.45, 7) is 8.67. The summed E-state index contributed by atoms with van der Waals surface area (Å²) in [5, 5.41) is 0. The molecule has 0 aliphatic carbocycles. The van der Waals surface area contributed by atoms with Gasteiger partial charge in [0.15, 0.2) is 5.65 Å². The van der Waals surface area contributed by atoms with Crippen LogP contribution in [0.25, 0.3) is 11.2 Å². The molecule has 0 bridgehead atoms. The smallest absolute Gasteiger partial charge is 0.306 e. The zero-order valence-corrected chi connectivity index (χ0v) is 27.7. The van der Waals surface area contributed by atoms with Crippen molar-refractivity contribution in [2.75, 3.05) is 19.6 Å². The van der Waals surface area contributed by atoms with Gasteiger partial charge in [-0.2, -0.15) is 0 Å². The van der Waals surface area contributed by atoms with Crippen LogP contribution in [-0.4, -0.2) is 57.4 Å². The highest BCUT2D eigenvalue weighted by atomic mass is 16.5. The number of aryl methyl sites for hydroxylation is 1. The Morgan fingerprint density at radius 3 is 2.21 bits per heavy atom. The second-order valence-corrected chi connectivity index (χ2v) is 12.3.